The second-order valence-electron chi connectivity index (χ2n) is 7.11. The lowest BCUT2D eigenvalue weighted by Gasteiger charge is -2.32. The highest BCUT2D eigenvalue weighted by molar-refractivity contribution is 7.99. The first-order valence-electron chi connectivity index (χ1n) is 9.52. The summed E-state index contributed by atoms with van der Waals surface area (Å²) >= 11 is 7.82. The number of carbonyl (C=O) groups is 2. The standard InChI is InChI=1S/C20H27ClN2O2S/c21-17-6-4-16(5-7-17)19(24)8-9-20(25)23-12-3-13-26-15-18(23)14-22-10-1-2-11-22/h4-7,18H,1-3,8-15H2/t18-/m0/s1. The molecular weight excluding hydrogens is 368 g/mol. The molecule has 2 aliphatic heterocycles. The van der Waals surface area contributed by atoms with Crippen LogP contribution in [0.15, 0.2) is 24.3 Å². The van der Waals surface area contributed by atoms with Gasteiger partial charge in [0.25, 0.3) is 0 Å². The molecule has 1 aromatic rings. The quantitative estimate of drug-likeness (QED) is 0.689. The van der Waals surface area contributed by atoms with E-state index in [0.29, 0.717) is 17.0 Å². The topological polar surface area (TPSA) is 40.6 Å². The van der Waals surface area contributed by atoms with E-state index in [0.717, 1.165) is 44.1 Å². The van der Waals surface area contributed by atoms with Gasteiger partial charge in [-0.25, -0.2) is 0 Å². The van der Waals surface area contributed by atoms with Gasteiger partial charge < -0.3 is 9.80 Å². The van der Waals surface area contributed by atoms with E-state index >= 15 is 0 Å². The van der Waals surface area contributed by atoms with Crippen molar-refractivity contribution in [2.24, 2.45) is 0 Å². The zero-order chi connectivity index (χ0) is 18.4. The van der Waals surface area contributed by atoms with E-state index in [-0.39, 0.29) is 24.2 Å². The van der Waals surface area contributed by atoms with Gasteiger partial charge in [-0.15, -0.1) is 0 Å². The van der Waals surface area contributed by atoms with Crippen molar-refractivity contribution in [2.75, 3.05) is 37.7 Å². The molecule has 1 amide bonds. The smallest absolute Gasteiger partial charge is 0.223 e. The van der Waals surface area contributed by atoms with Gasteiger partial charge in [0.05, 0.1) is 6.04 Å². The van der Waals surface area contributed by atoms with Crippen LogP contribution in [0.3, 0.4) is 0 Å². The Morgan fingerprint density at radius 1 is 1.04 bits per heavy atom. The van der Waals surface area contributed by atoms with E-state index in [1.807, 2.05) is 16.7 Å². The lowest BCUT2D eigenvalue weighted by Crippen LogP contribution is -2.47. The van der Waals surface area contributed by atoms with E-state index in [4.69, 9.17) is 11.6 Å². The molecule has 2 aliphatic rings. The molecule has 1 aromatic carbocycles. The summed E-state index contributed by atoms with van der Waals surface area (Å²) in [6, 6.07) is 7.17. The average Bonchev–Trinajstić information content (AvgIpc) is 3.04. The van der Waals surface area contributed by atoms with Crippen LogP contribution in [0.4, 0.5) is 0 Å². The van der Waals surface area contributed by atoms with Gasteiger partial charge in [-0.2, -0.15) is 11.8 Å². The Morgan fingerprint density at radius 2 is 1.77 bits per heavy atom. The summed E-state index contributed by atoms with van der Waals surface area (Å²) in [6.45, 7) is 4.10. The summed E-state index contributed by atoms with van der Waals surface area (Å²) in [7, 11) is 0. The van der Waals surface area contributed by atoms with Crippen molar-refractivity contribution in [1.29, 1.82) is 0 Å². The minimum absolute atomic E-state index is 0.00954. The summed E-state index contributed by atoms with van der Waals surface area (Å²) in [5, 5.41) is 0.615. The fourth-order valence-corrected chi connectivity index (χ4v) is 4.90. The van der Waals surface area contributed by atoms with Gasteiger partial charge in [-0.05, 0) is 62.4 Å². The fraction of sp³-hybridized carbons (Fsp3) is 0.600. The minimum Gasteiger partial charge on any atom is -0.338 e. The maximum Gasteiger partial charge on any atom is 0.223 e. The summed E-state index contributed by atoms with van der Waals surface area (Å²) in [5.74, 6) is 2.26. The number of hydrogen-bond donors (Lipinski definition) is 0. The molecule has 0 N–H and O–H groups in total. The van der Waals surface area contributed by atoms with Gasteiger partial charge in [-0.1, -0.05) is 11.6 Å². The molecule has 0 aromatic heterocycles. The first-order chi connectivity index (χ1) is 12.6. The van der Waals surface area contributed by atoms with Crippen LogP contribution in [0.1, 0.15) is 42.5 Å². The summed E-state index contributed by atoms with van der Waals surface area (Å²) < 4.78 is 0. The Labute approximate surface area is 165 Å². The number of halogens is 1. The Balaban J connectivity index is 1.56. The van der Waals surface area contributed by atoms with Gasteiger partial charge in [0.2, 0.25) is 5.91 Å². The molecule has 6 heteroatoms. The Kier molecular flexibility index (Phi) is 7.41. The van der Waals surface area contributed by atoms with Crippen LogP contribution in [0.25, 0.3) is 0 Å². The SMILES string of the molecule is O=C(CCC(=O)N1CCCSC[C@@H]1CN1CCCC1)c1ccc(Cl)cc1. The first-order valence-corrected chi connectivity index (χ1v) is 11.0. The second-order valence-corrected chi connectivity index (χ2v) is 8.69. The highest BCUT2D eigenvalue weighted by Crippen LogP contribution is 2.21. The Hall–Kier alpha value is -1.04. The van der Waals surface area contributed by atoms with Crippen LogP contribution in [0.5, 0.6) is 0 Å². The predicted octanol–water partition coefficient (Wildman–Crippen LogP) is 3.73. The molecule has 142 valence electrons. The number of Topliss-reactive ketones (excluding diaryl/α,β-unsaturated/α-hetero) is 1. The molecule has 4 nitrogen and oxygen atoms in total. The fourth-order valence-electron chi connectivity index (χ4n) is 3.72. The molecule has 3 rings (SSSR count). The van der Waals surface area contributed by atoms with Crippen molar-refractivity contribution in [3.63, 3.8) is 0 Å². The number of hydrogen-bond acceptors (Lipinski definition) is 4. The highest BCUT2D eigenvalue weighted by Gasteiger charge is 2.28. The summed E-state index contributed by atoms with van der Waals surface area (Å²) in [5.41, 5.74) is 0.627. The van der Waals surface area contributed by atoms with Crippen molar-refractivity contribution in [3.8, 4) is 0 Å². The summed E-state index contributed by atoms with van der Waals surface area (Å²) in [6.07, 6.45) is 4.13. The van der Waals surface area contributed by atoms with Crippen molar-refractivity contribution < 1.29 is 9.59 Å². The van der Waals surface area contributed by atoms with E-state index < -0.39 is 0 Å². The molecule has 0 aliphatic carbocycles. The number of nitrogens with zero attached hydrogens (tertiary/aromatic N) is 2. The normalized spacial score (nSPS) is 21.6. The zero-order valence-corrected chi connectivity index (χ0v) is 16.7. The third-order valence-corrected chi connectivity index (χ3v) is 6.61. The molecule has 0 unspecified atom stereocenters. The molecule has 0 radical (unpaired) electrons. The van der Waals surface area contributed by atoms with Gasteiger partial charge in [0.1, 0.15) is 0 Å². The number of amides is 1. The van der Waals surface area contributed by atoms with E-state index in [2.05, 4.69) is 4.90 Å². The number of rotatable bonds is 6. The molecule has 0 spiro atoms. The number of carbonyl (C=O) groups excluding carboxylic acids is 2. The molecule has 0 saturated carbocycles. The van der Waals surface area contributed by atoms with Crippen LogP contribution < -0.4 is 0 Å². The number of likely N-dealkylation sites (tertiary alicyclic amines) is 1. The highest BCUT2D eigenvalue weighted by atomic mass is 35.5. The number of benzene rings is 1. The molecule has 0 bridgehead atoms. The molecule has 26 heavy (non-hydrogen) atoms. The third kappa shape index (κ3) is 5.48. The molecule has 2 heterocycles. The minimum atomic E-state index is 0.00954. The Morgan fingerprint density at radius 3 is 2.50 bits per heavy atom. The second kappa shape index (κ2) is 9.77. The molecule has 2 saturated heterocycles. The molecule has 1 atom stereocenters. The lowest BCUT2D eigenvalue weighted by atomic mass is 10.1. The van der Waals surface area contributed by atoms with E-state index in [1.165, 1.54) is 12.8 Å². The van der Waals surface area contributed by atoms with Crippen LogP contribution >= 0.6 is 23.4 Å². The largest absolute Gasteiger partial charge is 0.338 e. The molecular formula is C20H27ClN2O2S. The van der Waals surface area contributed by atoms with Crippen LogP contribution in [0.2, 0.25) is 5.02 Å². The van der Waals surface area contributed by atoms with Gasteiger partial charge in [-0.3, -0.25) is 9.59 Å². The van der Waals surface area contributed by atoms with Gasteiger partial charge in [0.15, 0.2) is 5.78 Å². The number of ketones is 1. The third-order valence-electron chi connectivity index (χ3n) is 5.16. The maximum absolute atomic E-state index is 12.8. The predicted molar refractivity (Wildman–Crippen MR) is 108 cm³/mol. The first kappa shape index (κ1) is 19.7. The van der Waals surface area contributed by atoms with Crippen LogP contribution in [-0.4, -0.2) is 65.2 Å². The van der Waals surface area contributed by atoms with Crippen molar-refractivity contribution in [1.82, 2.24) is 9.80 Å². The van der Waals surface area contributed by atoms with Crippen LogP contribution in [-0.2, 0) is 4.79 Å². The molecule has 2 fully saturated rings. The number of thioether (sulfide) groups is 1. The average molecular weight is 395 g/mol. The summed E-state index contributed by atoms with van der Waals surface area (Å²) in [4.78, 5) is 29.7. The van der Waals surface area contributed by atoms with Crippen molar-refractivity contribution >= 4 is 35.1 Å². The monoisotopic (exact) mass is 394 g/mol. The van der Waals surface area contributed by atoms with Crippen molar-refractivity contribution in [3.05, 3.63) is 34.9 Å². The Bertz CT molecular complexity index is 617. The zero-order valence-electron chi connectivity index (χ0n) is 15.2. The van der Waals surface area contributed by atoms with Crippen LogP contribution in [0, 0.1) is 0 Å². The maximum atomic E-state index is 12.8. The van der Waals surface area contributed by atoms with Gasteiger partial charge >= 0.3 is 0 Å². The lowest BCUT2D eigenvalue weighted by molar-refractivity contribution is -0.133. The van der Waals surface area contributed by atoms with Gasteiger partial charge in [0, 0.05) is 42.3 Å². The van der Waals surface area contributed by atoms with E-state index in [1.54, 1.807) is 24.3 Å². The van der Waals surface area contributed by atoms with E-state index in [9.17, 15) is 9.59 Å². The van der Waals surface area contributed by atoms with Crippen molar-refractivity contribution in [2.45, 2.75) is 38.1 Å².